The van der Waals surface area contributed by atoms with Gasteiger partial charge in [0.15, 0.2) is 12.9 Å². The van der Waals surface area contributed by atoms with Gasteiger partial charge in [-0.2, -0.15) is 0 Å². The summed E-state index contributed by atoms with van der Waals surface area (Å²) in [5.74, 6) is 3.29. The van der Waals surface area contributed by atoms with E-state index in [0.29, 0.717) is 6.73 Å². The lowest BCUT2D eigenvalue weighted by Gasteiger charge is -2.07. The summed E-state index contributed by atoms with van der Waals surface area (Å²) in [4.78, 5) is 0. The molecule has 0 aliphatic rings. The van der Waals surface area contributed by atoms with E-state index in [1.807, 2.05) is 30.9 Å². The summed E-state index contributed by atoms with van der Waals surface area (Å²) in [5, 5.41) is 11.5. The first-order valence-corrected chi connectivity index (χ1v) is 5.02. The number of imidazole rings is 1. The maximum atomic E-state index is 8.53. The topological polar surface area (TPSA) is 50.6 Å². The number of oxime groups is 1. The second-order valence-electron chi connectivity index (χ2n) is 3.34. The molecule has 0 saturated carbocycles. The number of hydrogen-bond donors (Lipinski definition) is 1. The lowest BCUT2D eigenvalue weighted by atomic mass is 10.3. The molecule has 1 unspecified atom stereocenters. The molecule has 0 fully saturated rings. The average Bonchev–Trinajstić information content (AvgIpc) is 2.63. The van der Waals surface area contributed by atoms with Crippen molar-refractivity contribution in [1.82, 2.24) is 4.57 Å². The summed E-state index contributed by atoms with van der Waals surface area (Å²) >= 11 is 0. The molecule has 1 rings (SSSR count). The van der Waals surface area contributed by atoms with E-state index < -0.39 is 0 Å². The van der Waals surface area contributed by atoms with Crippen LogP contribution in [0, 0.1) is 12.3 Å². The molecule has 0 aliphatic carbocycles. The molecule has 1 aromatic heterocycles. The quantitative estimate of drug-likeness (QED) is 0.259. The number of terminal acetylenes is 1. The summed E-state index contributed by atoms with van der Waals surface area (Å²) in [6.45, 7) is 2.31. The maximum Gasteiger partial charge on any atom is 0.305 e. The fourth-order valence-corrected chi connectivity index (χ4v) is 1.32. The molecule has 1 heterocycles. The molecule has 86 valence electrons. The van der Waals surface area contributed by atoms with E-state index in [0.717, 1.165) is 12.2 Å². The third kappa shape index (κ3) is 2.84. The molecule has 0 radical (unpaired) electrons. The minimum atomic E-state index is -0.188. The van der Waals surface area contributed by atoms with E-state index in [4.69, 9.17) is 16.4 Å². The van der Waals surface area contributed by atoms with Crippen LogP contribution in [0.5, 0.6) is 0 Å². The van der Waals surface area contributed by atoms with Gasteiger partial charge in [-0.15, -0.1) is 6.42 Å². The summed E-state index contributed by atoms with van der Waals surface area (Å²) < 4.78 is 9.12. The van der Waals surface area contributed by atoms with Crippen LogP contribution < -0.4 is 4.57 Å². The first-order valence-electron chi connectivity index (χ1n) is 5.02. The molecule has 1 aromatic rings. The molecule has 5 nitrogen and oxygen atoms in total. The highest BCUT2D eigenvalue weighted by atomic mass is 16.5. The maximum absolute atomic E-state index is 8.53. The number of rotatable bonds is 5. The Hall–Kier alpha value is -1.80. The van der Waals surface area contributed by atoms with Gasteiger partial charge in [-0.25, -0.2) is 9.13 Å². The van der Waals surface area contributed by atoms with Gasteiger partial charge in [0.05, 0.1) is 7.05 Å². The molecule has 1 N–H and O–H groups in total. The zero-order valence-electron chi connectivity index (χ0n) is 9.50. The van der Waals surface area contributed by atoms with Crippen molar-refractivity contribution in [2.75, 3.05) is 0 Å². The van der Waals surface area contributed by atoms with Crippen LogP contribution in [0.15, 0.2) is 17.5 Å². The number of hydrogen-bond acceptors (Lipinski definition) is 3. The third-order valence-corrected chi connectivity index (χ3v) is 2.27. The molecule has 16 heavy (non-hydrogen) atoms. The molecule has 0 saturated heterocycles. The standard InChI is InChI=1S/C11H15N3O2/c1-4-10(5-2)16-9-14-7-6-13(3)11(14)8-12-15/h1,6-8,10H,5,9H2,2-3H3/p+1. The van der Waals surface area contributed by atoms with Crippen molar-refractivity contribution in [3.05, 3.63) is 18.2 Å². The van der Waals surface area contributed by atoms with Crippen LogP contribution in [0.1, 0.15) is 19.2 Å². The minimum absolute atomic E-state index is 0.188. The van der Waals surface area contributed by atoms with Crippen molar-refractivity contribution in [2.45, 2.75) is 26.2 Å². The van der Waals surface area contributed by atoms with Crippen molar-refractivity contribution in [3.8, 4) is 12.3 Å². The molecule has 0 spiro atoms. The molecular formula is C11H16N3O2+. The van der Waals surface area contributed by atoms with Gasteiger partial charge in [-0.05, 0) is 6.42 Å². The number of nitrogens with zero attached hydrogens (tertiary/aromatic N) is 3. The summed E-state index contributed by atoms with van der Waals surface area (Å²) in [6.07, 6.45) is 10.9. The Kier molecular flexibility index (Phi) is 4.55. The zero-order chi connectivity index (χ0) is 12.0. The number of aryl methyl sites for hydroxylation is 1. The van der Waals surface area contributed by atoms with Gasteiger partial charge < -0.3 is 9.94 Å². The van der Waals surface area contributed by atoms with E-state index in [1.54, 1.807) is 4.57 Å². The predicted molar refractivity (Wildman–Crippen MR) is 59.0 cm³/mol. The molecule has 5 heteroatoms. The van der Waals surface area contributed by atoms with Crippen LogP contribution in [0.4, 0.5) is 0 Å². The highest BCUT2D eigenvalue weighted by Gasteiger charge is 2.13. The number of ether oxygens (including phenoxy) is 1. The Balaban J connectivity index is 2.71. The van der Waals surface area contributed by atoms with Gasteiger partial charge >= 0.3 is 5.82 Å². The molecule has 0 bridgehead atoms. The lowest BCUT2D eigenvalue weighted by molar-refractivity contribution is -0.672. The largest absolute Gasteiger partial charge is 0.411 e. The summed E-state index contributed by atoms with van der Waals surface area (Å²) in [6, 6.07) is 0. The van der Waals surface area contributed by atoms with Crippen LogP contribution in [-0.2, 0) is 18.5 Å². The number of aromatic nitrogens is 2. The van der Waals surface area contributed by atoms with Crippen molar-refractivity contribution in [1.29, 1.82) is 0 Å². The fraction of sp³-hybridized carbons (Fsp3) is 0.455. The minimum Gasteiger partial charge on any atom is -0.411 e. The van der Waals surface area contributed by atoms with E-state index >= 15 is 0 Å². The van der Waals surface area contributed by atoms with Gasteiger partial charge in [-0.1, -0.05) is 18.0 Å². The highest BCUT2D eigenvalue weighted by Crippen LogP contribution is 2.00. The smallest absolute Gasteiger partial charge is 0.305 e. The Labute approximate surface area is 95.0 Å². The predicted octanol–water partition coefficient (Wildman–Crippen LogP) is 0.507. The molecule has 0 aromatic carbocycles. The zero-order valence-corrected chi connectivity index (χ0v) is 9.50. The molecule has 0 amide bonds. The third-order valence-electron chi connectivity index (χ3n) is 2.27. The fourth-order valence-electron chi connectivity index (χ4n) is 1.32. The molecule has 0 aliphatic heterocycles. The van der Waals surface area contributed by atoms with Crippen LogP contribution >= 0.6 is 0 Å². The highest BCUT2D eigenvalue weighted by molar-refractivity contribution is 5.72. The summed E-state index contributed by atoms with van der Waals surface area (Å²) in [5.41, 5.74) is 0. The van der Waals surface area contributed by atoms with E-state index in [9.17, 15) is 0 Å². The second kappa shape index (κ2) is 5.93. The van der Waals surface area contributed by atoms with Crippen LogP contribution in [0.25, 0.3) is 0 Å². The van der Waals surface area contributed by atoms with Gasteiger partial charge in [0.25, 0.3) is 0 Å². The van der Waals surface area contributed by atoms with Gasteiger partial charge in [0.2, 0.25) is 0 Å². The molecular weight excluding hydrogens is 206 g/mol. The van der Waals surface area contributed by atoms with Gasteiger partial charge in [-0.3, -0.25) is 0 Å². The summed E-state index contributed by atoms with van der Waals surface area (Å²) in [7, 11) is 1.85. The Morgan fingerprint density at radius 3 is 3.12 bits per heavy atom. The van der Waals surface area contributed by atoms with E-state index in [-0.39, 0.29) is 6.10 Å². The van der Waals surface area contributed by atoms with Crippen LogP contribution in [0.3, 0.4) is 0 Å². The Morgan fingerprint density at radius 2 is 2.56 bits per heavy atom. The van der Waals surface area contributed by atoms with Crippen LogP contribution in [-0.4, -0.2) is 22.1 Å². The lowest BCUT2D eigenvalue weighted by Crippen LogP contribution is -2.32. The normalized spacial score (nSPS) is 12.8. The molecule has 1 atom stereocenters. The Morgan fingerprint density at radius 1 is 1.81 bits per heavy atom. The first kappa shape index (κ1) is 12.3. The monoisotopic (exact) mass is 222 g/mol. The van der Waals surface area contributed by atoms with Crippen LogP contribution in [0.2, 0.25) is 0 Å². The first-order chi connectivity index (χ1) is 7.72. The van der Waals surface area contributed by atoms with Crippen molar-refractivity contribution in [2.24, 2.45) is 12.2 Å². The average molecular weight is 222 g/mol. The van der Waals surface area contributed by atoms with Crippen molar-refractivity contribution < 1.29 is 14.5 Å². The van der Waals surface area contributed by atoms with E-state index in [2.05, 4.69) is 11.1 Å². The van der Waals surface area contributed by atoms with Crippen molar-refractivity contribution in [3.63, 3.8) is 0 Å². The Bertz CT molecular complexity index is 404. The van der Waals surface area contributed by atoms with Gasteiger partial charge in [0, 0.05) is 0 Å². The van der Waals surface area contributed by atoms with Crippen molar-refractivity contribution >= 4 is 6.21 Å². The van der Waals surface area contributed by atoms with E-state index in [1.165, 1.54) is 6.21 Å². The van der Waals surface area contributed by atoms with Gasteiger partial charge in [0.1, 0.15) is 18.5 Å². The second-order valence-corrected chi connectivity index (χ2v) is 3.34. The SMILES string of the molecule is C#CC(CC)OCn1cc[n+](C)c1/C=N/O.